The number of aryl methyl sites for hydroxylation is 1. The van der Waals surface area contributed by atoms with Gasteiger partial charge in [-0.15, -0.1) is 0 Å². The number of carbonyl (C=O) groups is 1. The molecular weight excluding hydrogens is 264 g/mol. The summed E-state index contributed by atoms with van der Waals surface area (Å²) in [5, 5.41) is 2.90. The van der Waals surface area contributed by atoms with E-state index in [1.165, 1.54) is 0 Å². The molecule has 21 heavy (non-hydrogen) atoms. The van der Waals surface area contributed by atoms with Crippen LogP contribution in [0.15, 0.2) is 42.5 Å². The number of nitrogen functional groups attached to an aromatic ring is 1. The monoisotopic (exact) mass is 284 g/mol. The van der Waals surface area contributed by atoms with Gasteiger partial charge in [-0.2, -0.15) is 0 Å². The van der Waals surface area contributed by atoms with E-state index >= 15 is 0 Å². The molecule has 4 nitrogen and oxygen atoms in total. The number of ether oxygens (including phenoxy) is 1. The lowest BCUT2D eigenvalue weighted by Gasteiger charge is -2.15. The predicted molar refractivity (Wildman–Crippen MR) is 85.6 cm³/mol. The Kier molecular flexibility index (Phi) is 4.48. The highest BCUT2D eigenvalue weighted by Crippen LogP contribution is 2.27. The average Bonchev–Trinajstić information content (AvgIpc) is 2.48. The molecule has 1 atom stereocenters. The molecule has 4 heteroatoms. The van der Waals surface area contributed by atoms with Crippen molar-refractivity contribution in [2.24, 2.45) is 0 Å². The number of hydrogen-bond acceptors (Lipinski definition) is 3. The first-order valence-electron chi connectivity index (χ1n) is 6.82. The van der Waals surface area contributed by atoms with Gasteiger partial charge in [-0.3, -0.25) is 4.79 Å². The van der Waals surface area contributed by atoms with Crippen LogP contribution >= 0.6 is 0 Å². The van der Waals surface area contributed by atoms with E-state index in [2.05, 4.69) is 5.32 Å². The van der Waals surface area contributed by atoms with Crippen LogP contribution in [0.4, 0.5) is 11.4 Å². The summed E-state index contributed by atoms with van der Waals surface area (Å²) in [7, 11) is 1.59. The highest BCUT2D eigenvalue weighted by atomic mass is 16.5. The molecule has 0 bridgehead atoms. The van der Waals surface area contributed by atoms with Crippen molar-refractivity contribution in [3.8, 4) is 5.75 Å². The fourth-order valence-corrected chi connectivity index (χ4v) is 2.12. The first kappa shape index (κ1) is 14.9. The molecule has 0 aliphatic carbocycles. The standard InChI is InChI=1S/C17H20N2O2/c1-11-7-8-15(16(9-11)21-3)19-17(20)12(2)13-5-4-6-14(18)10-13/h4-10,12H,18H2,1-3H3,(H,19,20). The van der Waals surface area contributed by atoms with Crippen LogP contribution in [0.2, 0.25) is 0 Å². The van der Waals surface area contributed by atoms with Gasteiger partial charge < -0.3 is 15.8 Å². The molecule has 0 aromatic heterocycles. The van der Waals surface area contributed by atoms with Crippen LogP contribution in [0.1, 0.15) is 24.0 Å². The van der Waals surface area contributed by atoms with E-state index in [0.717, 1.165) is 11.1 Å². The Morgan fingerprint density at radius 3 is 2.67 bits per heavy atom. The van der Waals surface area contributed by atoms with Crippen molar-refractivity contribution < 1.29 is 9.53 Å². The lowest BCUT2D eigenvalue weighted by molar-refractivity contribution is -0.117. The van der Waals surface area contributed by atoms with Gasteiger partial charge in [0.15, 0.2) is 0 Å². The molecule has 110 valence electrons. The largest absolute Gasteiger partial charge is 0.495 e. The van der Waals surface area contributed by atoms with Gasteiger partial charge in [0.25, 0.3) is 0 Å². The van der Waals surface area contributed by atoms with Crippen LogP contribution in [-0.4, -0.2) is 13.0 Å². The van der Waals surface area contributed by atoms with Crippen molar-refractivity contribution in [1.82, 2.24) is 0 Å². The Morgan fingerprint density at radius 2 is 2.00 bits per heavy atom. The minimum absolute atomic E-state index is 0.0947. The number of methoxy groups -OCH3 is 1. The quantitative estimate of drug-likeness (QED) is 0.846. The Labute approximate surface area is 124 Å². The summed E-state index contributed by atoms with van der Waals surface area (Å²) in [4.78, 5) is 12.4. The van der Waals surface area contributed by atoms with Crippen molar-refractivity contribution in [3.05, 3.63) is 53.6 Å². The molecule has 0 spiro atoms. The maximum Gasteiger partial charge on any atom is 0.231 e. The van der Waals surface area contributed by atoms with Gasteiger partial charge in [-0.25, -0.2) is 0 Å². The molecule has 2 rings (SSSR count). The summed E-state index contributed by atoms with van der Waals surface area (Å²) >= 11 is 0. The summed E-state index contributed by atoms with van der Waals surface area (Å²) in [5.74, 6) is 0.269. The Morgan fingerprint density at radius 1 is 1.24 bits per heavy atom. The second-order valence-corrected chi connectivity index (χ2v) is 5.08. The summed E-state index contributed by atoms with van der Waals surface area (Å²) in [6, 6.07) is 13.0. The molecule has 0 heterocycles. The highest BCUT2D eigenvalue weighted by molar-refractivity contribution is 5.96. The van der Waals surface area contributed by atoms with Gasteiger partial charge in [-0.1, -0.05) is 18.2 Å². The topological polar surface area (TPSA) is 64.3 Å². The molecule has 0 aliphatic heterocycles. The number of nitrogens with two attached hydrogens (primary N) is 1. The second kappa shape index (κ2) is 6.31. The predicted octanol–water partition coefficient (Wildman–Crippen LogP) is 3.33. The summed E-state index contributed by atoms with van der Waals surface area (Å²) in [5.41, 5.74) is 9.05. The van der Waals surface area contributed by atoms with Crippen LogP contribution in [-0.2, 0) is 4.79 Å². The van der Waals surface area contributed by atoms with Gasteiger partial charge in [0.1, 0.15) is 5.75 Å². The van der Waals surface area contributed by atoms with Gasteiger partial charge >= 0.3 is 0 Å². The van der Waals surface area contributed by atoms with Crippen LogP contribution in [0.3, 0.4) is 0 Å². The van der Waals surface area contributed by atoms with Gasteiger partial charge in [0, 0.05) is 5.69 Å². The van der Waals surface area contributed by atoms with Gasteiger partial charge in [0.2, 0.25) is 5.91 Å². The van der Waals surface area contributed by atoms with Crippen molar-refractivity contribution in [1.29, 1.82) is 0 Å². The van der Waals surface area contributed by atoms with E-state index in [4.69, 9.17) is 10.5 Å². The van der Waals surface area contributed by atoms with Crippen molar-refractivity contribution in [2.45, 2.75) is 19.8 Å². The molecule has 0 fully saturated rings. The third-order valence-corrected chi connectivity index (χ3v) is 3.42. The van der Waals surface area contributed by atoms with Crippen LogP contribution in [0.5, 0.6) is 5.75 Å². The molecule has 2 aromatic carbocycles. The minimum atomic E-state index is -0.292. The van der Waals surface area contributed by atoms with E-state index in [1.54, 1.807) is 13.2 Å². The second-order valence-electron chi connectivity index (χ2n) is 5.08. The summed E-state index contributed by atoms with van der Waals surface area (Å²) in [6.45, 7) is 3.83. The molecule has 0 radical (unpaired) electrons. The van der Waals surface area contributed by atoms with Crippen LogP contribution in [0.25, 0.3) is 0 Å². The molecule has 3 N–H and O–H groups in total. The van der Waals surface area contributed by atoms with E-state index in [-0.39, 0.29) is 11.8 Å². The molecule has 0 saturated carbocycles. The third kappa shape index (κ3) is 3.54. The maximum absolute atomic E-state index is 12.4. The van der Waals surface area contributed by atoms with Crippen molar-refractivity contribution in [3.63, 3.8) is 0 Å². The molecule has 1 unspecified atom stereocenters. The fourth-order valence-electron chi connectivity index (χ4n) is 2.12. The van der Waals surface area contributed by atoms with Gasteiger partial charge in [0.05, 0.1) is 18.7 Å². The zero-order chi connectivity index (χ0) is 15.4. The zero-order valence-electron chi connectivity index (χ0n) is 12.5. The zero-order valence-corrected chi connectivity index (χ0v) is 12.5. The molecule has 0 saturated heterocycles. The molecular formula is C17H20N2O2. The normalized spacial score (nSPS) is 11.8. The maximum atomic E-state index is 12.4. The number of hydrogen-bond donors (Lipinski definition) is 2. The number of rotatable bonds is 4. The van der Waals surface area contributed by atoms with Crippen LogP contribution in [0, 0.1) is 6.92 Å². The Balaban J connectivity index is 2.18. The SMILES string of the molecule is COc1cc(C)ccc1NC(=O)C(C)c1cccc(N)c1. The fraction of sp³-hybridized carbons (Fsp3) is 0.235. The highest BCUT2D eigenvalue weighted by Gasteiger charge is 2.17. The molecule has 2 aromatic rings. The lowest BCUT2D eigenvalue weighted by Crippen LogP contribution is -2.19. The Hall–Kier alpha value is -2.49. The Bertz CT molecular complexity index is 653. The van der Waals surface area contributed by atoms with E-state index in [1.807, 2.05) is 50.2 Å². The first-order chi connectivity index (χ1) is 10.0. The number of carbonyl (C=O) groups excluding carboxylic acids is 1. The number of nitrogens with one attached hydrogen (secondary N) is 1. The van der Waals surface area contributed by atoms with Crippen molar-refractivity contribution >= 4 is 17.3 Å². The first-order valence-corrected chi connectivity index (χ1v) is 6.82. The number of benzene rings is 2. The number of anilines is 2. The van der Waals surface area contributed by atoms with E-state index < -0.39 is 0 Å². The number of amides is 1. The smallest absolute Gasteiger partial charge is 0.231 e. The summed E-state index contributed by atoms with van der Waals surface area (Å²) in [6.07, 6.45) is 0. The van der Waals surface area contributed by atoms with Crippen molar-refractivity contribution in [2.75, 3.05) is 18.2 Å². The van der Waals surface area contributed by atoms with Gasteiger partial charge in [-0.05, 0) is 49.2 Å². The average molecular weight is 284 g/mol. The van der Waals surface area contributed by atoms with E-state index in [9.17, 15) is 4.79 Å². The molecule has 1 amide bonds. The minimum Gasteiger partial charge on any atom is -0.495 e. The lowest BCUT2D eigenvalue weighted by atomic mass is 9.99. The van der Waals surface area contributed by atoms with Crippen LogP contribution < -0.4 is 15.8 Å². The molecule has 0 aliphatic rings. The summed E-state index contributed by atoms with van der Waals surface area (Å²) < 4.78 is 5.30. The third-order valence-electron chi connectivity index (χ3n) is 3.42. The van der Waals surface area contributed by atoms with E-state index in [0.29, 0.717) is 17.1 Å².